The lowest BCUT2D eigenvalue weighted by atomic mass is 10.1. The SMILES string of the molecule is O=C(NCCc1ccccc1F)c1ccc2[nH]c(=O)oc2c1. The number of oxazole rings is 1. The van der Waals surface area contributed by atoms with Gasteiger partial charge in [0, 0.05) is 12.1 Å². The number of halogens is 1. The van der Waals surface area contributed by atoms with E-state index in [1.165, 1.54) is 12.1 Å². The Balaban J connectivity index is 1.66. The molecule has 0 radical (unpaired) electrons. The molecule has 2 N–H and O–H groups in total. The molecule has 0 unspecified atom stereocenters. The van der Waals surface area contributed by atoms with Crippen molar-refractivity contribution in [3.63, 3.8) is 0 Å². The Bertz CT molecular complexity index is 882. The van der Waals surface area contributed by atoms with E-state index in [1.54, 1.807) is 30.3 Å². The summed E-state index contributed by atoms with van der Waals surface area (Å²) in [5.41, 5.74) is 1.79. The van der Waals surface area contributed by atoms with E-state index < -0.39 is 5.76 Å². The van der Waals surface area contributed by atoms with Gasteiger partial charge in [0.25, 0.3) is 5.91 Å². The molecular formula is C16H13FN2O3. The molecule has 3 rings (SSSR count). The summed E-state index contributed by atoms with van der Waals surface area (Å²) in [4.78, 5) is 25.6. The first-order valence-electron chi connectivity index (χ1n) is 6.78. The largest absolute Gasteiger partial charge is 0.417 e. The summed E-state index contributed by atoms with van der Waals surface area (Å²) in [7, 11) is 0. The lowest BCUT2D eigenvalue weighted by Crippen LogP contribution is -2.25. The molecular weight excluding hydrogens is 287 g/mol. The number of rotatable bonds is 4. The maximum absolute atomic E-state index is 13.5. The van der Waals surface area contributed by atoms with E-state index in [4.69, 9.17) is 4.42 Å². The molecule has 1 aromatic heterocycles. The molecule has 0 saturated carbocycles. The standard InChI is InChI=1S/C16H13FN2O3/c17-12-4-2-1-3-10(12)7-8-18-15(20)11-5-6-13-14(9-11)22-16(21)19-13/h1-6,9H,7-8H2,(H,18,20)(H,19,21). The zero-order chi connectivity index (χ0) is 15.5. The van der Waals surface area contributed by atoms with E-state index in [-0.39, 0.29) is 11.7 Å². The van der Waals surface area contributed by atoms with Crippen LogP contribution in [0.25, 0.3) is 11.1 Å². The third-order valence-corrected chi connectivity index (χ3v) is 3.32. The second-order valence-corrected chi connectivity index (χ2v) is 4.82. The van der Waals surface area contributed by atoms with E-state index in [0.717, 1.165) is 0 Å². The van der Waals surface area contributed by atoms with Crippen molar-refractivity contribution in [3.8, 4) is 0 Å². The Kier molecular flexibility index (Phi) is 3.74. The van der Waals surface area contributed by atoms with Crippen molar-refractivity contribution in [1.29, 1.82) is 0 Å². The highest BCUT2D eigenvalue weighted by atomic mass is 19.1. The van der Waals surface area contributed by atoms with Gasteiger partial charge in [-0.15, -0.1) is 0 Å². The maximum Gasteiger partial charge on any atom is 0.417 e. The number of aromatic nitrogens is 1. The Morgan fingerprint density at radius 3 is 2.86 bits per heavy atom. The van der Waals surface area contributed by atoms with E-state index in [1.807, 2.05) is 0 Å². The Labute approximate surface area is 124 Å². The molecule has 6 heteroatoms. The number of aromatic amines is 1. The lowest BCUT2D eigenvalue weighted by molar-refractivity contribution is 0.0954. The van der Waals surface area contributed by atoms with Gasteiger partial charge in [-0.05, 0) is 36.2 Å². The fraction of sp³-hybridized carbons (Fsp3) is 0.125. The predicted octanol–water partition coefficient (Wildman–Crippen LogP) is 2.23. The van der Waals surface area contributed by atoms with Crippen molar-refractivity contribution in [3.05, 3.63) is 70.0 Å². The molecule has 0 atom stereocenters. The van der Waals surface area contributed by atoms with Crippen LogP contribution in [0.4, 0.5) is 4.39 Å². The number of nitrogens with one attached hydrogen (secondary N) is 2. The van der Waals surface area contributed by atoms with Gasteiger partial charge < -0.3 is 9.73 Å². The van der Waals surface area contributed by atoms with Crippen molar-refractivity contribution >= 4 is 17.0 Å². The fourth-order valence-corrected chi connectivity index (χ4v) is 2.20. The second kappa shape index (κ2) is 5.85. The van der Waals surface area contributed by atoms with Crippen LogP contribution in [0, 0.1) is 5.82 Å². The van der Waals surface area contributed by atoms with Gasteiger partial charge in [-0.2, -0.15) is 0 Å². The van der Waals surface area contributed by atoms with E-state index in [2.05, 4.69) is 10.3 Å². The number of carbonyl (C=O) groups is 1. The van der Waals surface area contributed by atoms with Gasteiger partial charge >= 0.3 is 5.76 Å². The summed E-state index contributed by atoms with van der Waals surface area (Å²) in [6.45, 7) is 0.314. The van der Waals surface area contributed by atoms with Crippen molar-refractivity contribution in [2.24, 2.45) is 0 Å². The summed E-state index contributed by atoms with van der Waals surface area (Å²) in [5, 5.41) is 2.71. The average molecular weight is 300 g/mol. The molecule has 3 aromatic rings. The molecule has 0 spiro atoms. The monoisotopic (exact) mass is 300 g/mol. The number of hydrogen-bond acceptors (Lipinski definition) is 3. The van der Waals surface area contributed by atoms with Crippen LogP contribution in [0.15, 0.2) is 51.7 Å². The molecule has 22 heavy (non-hydrogen) atoms. The molecule has 0 bridgehead atoms. The van der Waals surface area contributed by atoms with Gasteiger partial charge in [0.15, 0.2) is 5.58 Å². The minimum absolute atomic E-state index is 0.285. The summed E-state index contributed by atoms with van der Waals surface area (Å²) >= 11 is 0. The molecule has 0 aliphatic carbocycles. The minimum atomic E-state index is -0.563. The van der Waals surface area contributed by atoms with Crippen LogP contribution >= 0.6 is 0 Å². The van der Waals surface area contributed by atoms with Crippen molar-refractivity contribution < 1.29 is 13.6 Å². The van der Waals surface area contributed by atoms with Crippen LogP contribution in [0.3, 0.4) is 0 Å². The first-order valence-corrected chi connectivity index (χ1v) is 6.78. The highest BCUT2D eigenvalue weighted by Gasteiger charge is 2.09. The molecule has 0 fully saturated rings. The van der Waals surface area contributed by atoms with Gasteiger partial charge in [0.1, 0.15) is 5.82 Å². The smallest absolute Gasteiger partial charge is 0.408 e. The fourth-order valence-electron chi connectivity index (χ4n) is 2.20. The van der Waals surface area contributed by atoms with E-state index in [0.29, 0.717) is 35.2 Å². The Hall–Kier alpha value is -2.89. The summed E-state index contributed by atoms with van der Waals surface area (Å²) in [5.74, 6) is -1.15. The quantitative estimate of drug-likeness (QED) is 0.776. The van der Waals surface area contributed by atoms with Crippen LogP contribution in [0.1, 0.15) is 15.9 Å². The minimum Gasteiger partial charge on any atom is -0.408 e. The summed E-state index contributed by atoms with van der Waals surface area (Å²) in [6, 6.07) is 11.1. The zero-order valence-corrected chi connectivity index (χ0v) is 11.6. The molecule has 1 heterocycles. The van der Waals surface area contributed by atoms with Crippen molar-refractivity contribution in [2.75, 3.05) is 6.54 Å². The first-order chi connectivity index (χ1) is 10.6. The zero-order valence-electron chi connectivity index (χ0n) is 11.6. The van der Waals surface area contributed by atoms with Crippen LogP contribution < -0.4 is 11.1 Å². The summed E-state index contributed by atoms with van der Waals surface area (Å²) < 4.78 is 18.4. The van der Waals surface area contributed by atoms with E-state index in [9.17, 15) is 14.0 Å². The van der Waals surface area contributed by atoms with Gasteiger partial charge in [-0.1, -0.05) is 18.2 Å². The van der Waals surface area contributed by atoms with Crippen LogP contribution in [0.2, 0.25) is 0 Å². The number of amides is 1. The van der Waals surface area contributed by atoms with E-state index >= 15 is 0 Å². The third-order valence-electron chi connectivity index (χ3n) is 3.32. The topological polar surface area (TPSA) is 75.1 Å². The van der Waals surface area contributed by atoms with Crippen LogP contribution in [-0.2, 0) is 6.42 Å². The highest BCUT2D eigenvalue weighted by molar-refractivity contribution is 5.96. The molecule has 2 aromatic carbocycles. The van der Waals surface area contributed by atoms with Gasteiger partial charge in [0.2, 0.25) is 0 Å². The van der Waals surface area contributed by atoms with Gasteiger partial charge in [-0.25, -0.2) is 9.18 Å². The lowest BCUT2D eigenvalue weighted by Gasteiger charge is -2.06. The van der Waals surface area contributed by atoms with Crippen LogP contribution in [0.5, 0.6) is 0 Å². The maximum atomic E-state index is 13.5. The third kappa shape index (κ3) is 2.90. The molecule has 0 aliphatic heterocycles. The molecule has 1 amide bonds. The van der Waals surface area contributed by atoms with Gasteiger partial charge in [0.05, 0.1) is 5.52 Å². The number of H-pyrrole nitrogens is 1. The predicted molar refractivity (Wildman–Crippen MR) is 79.3 cm³/mol. The molecule has 0 aliphatic rings. The number of benzene rings is 2. The second-order valence-electron chi connectivity index (χ2n) is 4.82. The number of hydrogen-bond donors (Lipinski definition) is 2. The Morgan fingerprint density at radius 2 is 2.05 bits per heavy atom. The number of carbonyl (C=O) groups excluding carboxylic acids is 1. The number of fused-ring (bicyclic) bond motifs is 1. The molecule has 0 saturated heterocycles. The van der Waals surface area contributed by atoms with Crippen molar-refractivity contribution in [1.82, 2.24) is 10.3 Å². The van der Waals surface area contributed by atoms with Crippen molar-refractivity contribution in [2.45, 2.75) is 6.42 Å². The Morgan fingerprint density at radius 1 is 1.23 bits per heavy atom. The molecule has 112 valence electrons. The normalized spacial score (nSPS) is 10.8. The van der Waals surface area contributed by atoms with Crippen LogP contribution in [-0.4, -0.2) is 17.4 Å². The summed E-state index contributed by atoms with van der Waals surface area (Å²) in [6.07, 6.45) is 0.403. The first kappa shape index (κ1) is 14.1. The van der Waals surface area contributed by atoms with Gasteiger partial charge in [-0.3, -0.25) is 9.78 Å². The average Bonchev–Trinajstić information content (AvgIpc) is 2.88. The highest BCUT2D eigenvalue weighted by Crippen LogP contribution is 2.12. The molecule has 5 nitrogen and oxygen atoms in total.